The Kier molecular flexibility index (Phi) is 8.71. The normalized spacial score (nSPS) is 11.3. The molecular weight excluding hydrogens is 228 g/mol. The van der Waals surface area contributed by atoms with Gasteiger partial charge in [0.25, 0.3) is 0 Å². The zero-order valence-corrected chi connectivity index (χ0v) is 11.5. The van der Waals surface area contributed by atoms with Crippen LogP contribution in [0.1, 0.15) is 56.8 Å². The largest absolute Gasteiger partial charge is 0.507 e. The van der Waals surface area contributed by atoms with Gasteiger partial charge in [-0.05, 0) is 18.1 Å². The lowest BCUT2D eigenvalue weighted by Crippen LogP contribution is -1.95. The van der Waals surface area contributed by atoms with Gasteiger partial charge in [0.05, 0.1) is 0 Å². The molecule has 0 heterocycles. The van der Waals surface area contributed by atoms with E-state index in [1.807, 2.05) is 0 Å². The number of para-hydroxylation sites is 1. The van der Waals surface area contributed by atoms with Crippen LogP contribution in [0.3, 0.4) is 0 Å². The van der Waals surface area contributed by atoms with Gasteiger partial charge < -0.3 is 10.2 Å². The Morgan fingerprint density at radius 2 is 1.89 bits per heavy atom. The number of unbranched alkanes of at least 4 members (excludes halogenated alkanes) is 1. The highest BCUT2D eigenvalue weighted by atomic mass is 16.4. The lowest BCUT2D eigenvalue weighted by atomic mass is 10.0. The second kappa shape index (κ2) is 9.51. The minimum absolute atomic E-state index is 0.0671. The maximum Gasteiger partial charge on any atom is 0.339 e. The molecule has 1 unspecified atom stereocenters. The van der Waals surface area contributed by atoms with E-state index < -0.39 is 5.97 Å². The molecule has 1 atom stereocenters. The highest BCUT2D eigenvalue weighted by Crippen LogP contribution is 2.14. The summed E-state index contributed by atoms with van der Waals surface area (Å²) in [6, 6.07) is 5.81. The predicted molar refractivity (Wildman–Crippen MR) is 74.0 cm³/mol. The van der Waals surface area contributed by atoms with Crippen LogP contribution < -0.4 is 0 Å². The minimum atomic E-state index is -1.11. The molecule has 0 aromatic heterocycles. The molecular formula is C15H24O3. The van der Waals surface area contributed by atoms with Gasteiger partial charge >= 0.3 is 5.97 Å². The first-order valence-corrected chi connectivity index (χ1v) is 6.54. The van der Waals surface area contributed by atoms with E-state index >= 15 is 0 Å². The molecule has 0 saturated carbocycles. The van der Waals surface area contributed by atoms with Gasteiger partial charge in [0.2, 0.25) is 0 Å². The summed E-state index contributed by atoms with van der Waals surface area (Å²) in [5, 5.41) is 17.3. The summed E-state index contributed by atoms with van der Waals surface area (Å²) in [7, 11) is 0. The van der Waals surface area contributed by atoms with E-state index in [-0.39, 0.29) is 11.3 Å². The lowest BCUT2D eigenvalue weighted by Gasteiger charge is -2.04. The van der Waals surface area contributed by atoms with Gasteiger partial charge in [-0.15, -0.1) is 0 Å². The second-order valence-electron chi connectivity index (χ2n) is 4.48. The van der Waals surface area contributed by atoms with E-state index in [1.165, 1.54) is 37.8 Å². The Morgan fingerprint density at radius 3 is 2.28 bits per heavy atom. The van der Waals surface area contributed by atoms with Gasteiger partial charge in [-0.1, -0.05) is 58.6 Å². The molecule has 0 fully saturated rings. The summed E-state index contributed by atoms with van der Waals surface area (Å²) >= 11 is 0. The Morgan fingerprint density at radius 1 is 1.28 bits per heavy atom. The summed E-state index contributed by atoms with van der Waals surface area (Å²) in [6.07, 6.45) is 5.53. The van der Waals surface area contributed by atoms with E-state index in [0.29, 0.717) is 0 Å². The number of aromatic carboxylic acids is 1. The lowest BCUT2D eigenvalue weighted by molar-refractivity contribution is 0.0694. The number of carboxylic acids is 1. The van der Waals surface area contributed by atoms with Gasteiger partial charge in [0.15, 0.2) is 0 Å². The number of hydrogen-bond acceptors (Lipinski definition) is 2. The first kappa shape index (κ1) is 16.5. The molecule has 0 aliphatic carbocycles. The van der Waals surface area contributed by atoms with Crippen LogP contribution in [-0.2, 0) is 0 Å². The average molecular weight is 252 g/mol. The van der Waals surface area contributed by atoms with Crippen molar-refractivity contribution in [2.24, 2.45) is 5.92 Å². The third-order valence-electron chi connectivity index (χ3n) is 2.88. The maximum atomic E-state index is 10.3. The second-order valence-corrected chi connectivity index (χ2v) is 4.48. The summed E-state index contributed by atoms with van der Waals surface area (Å²) in [5.74, 6) is -0.358. The Balaban J connectivity index is 0.000000331. The zero-order chi connectivity index (χ0) is 14.0. The summed E-state index contributed by atoms with van der Waals surface area (Å²) in [4.78, 5) is 10.3. The van der Waals surface area contributed by atoms with Crippen LogP contribution in [0.5, 0.6) is 5.75 Å². The maximum absolute atomic E-state index is 10.3. The summed E-state index contributed by atoms with van der Waals surface area (Å²) in [6.45, 7) is 6.85. The number of carboxylic acid groups (broad SMARTS) is 1. The quantitative estimate of drug-likeness (QED) is 0.820. The number of benzene rings is 1. The molecule has 0 bridgehead atoms. The molecule has 1 aromatic rings. The molecule has 0 saturated heterocycles. The van der Waals surface area contributed by atoms with Crippen LogP contribution in [0, 0.1) is 5.92 Å². The summed E-state index contributed by atoms with van der Waals surface area (Å²) in [5.41, 5.74) is -0.0671. The van der Waals surface area contributed by atoms with Crippen LogP contribution >= 0.6 is 0 Å². The number of rotatable bonds is 5. The number of hydrogen-bond donors (Lipinski definition) is 2. The van der Waals surface area contributed by atoms with Crippen LogP contribution in [-0.4, -0.2) is 16.2 Å². The third kappa shape index (κ3) is 6.94. The van der Waals surface area contributed by atoms with Crippen LogP contribution in [0.2, 0.25) is 0 Å². The molecule has 0 radical (unpaired) electrons. The molecule has 1 aromatic carbocycles. The van der Waals surface area contributed by atoms with E-state index in [9.17, 15) is 4.79 Å². The fraction of sp³-hybridized carbons (Fsp3) is 0.533. The SMILES string of the molecule is CCCCC(C)CC.O=C(O)c1ccccc1O. The highest BCUT2D eigenvalue weighted by molar-refractivity contribution is 5.90. The smallest absolute Gasteiger partial charge is 0.339 e. The molecule has 3 nitrogen and oxygen atoms in total. The monoisotopic (exact) mass is 252 g/mol. The minimum Gasteiger partial charge on any atom is -0.507 e. The molecule has 0 amide bonds. The van der Waals surface area contributed by atoms with Gasteiger partial charge in [0.1, 0.15) is 11.3 Å². The predicted octanol–water partition coefficient (Wildman–Crippen LogP) is 4.31. The van der Waals surface area contributed by atoms with Crippen LogP contribution in [0.4, 0.5) is 0 Å². The van der Waals surface area contributed by atoms with Crippen molar-refractivity contribution in [3.05, 3.63) is 29.8 Å². The van der Waals surface area contributed by atoms with Crippen molar-refractivity contribution >= 4 is 5.97 Å². The van der Waals surface area contributed by atoms with Crippen molar-refractivity contribution in [3.63, 3.8) is 0 Å². The van der Waals surface area contributed by atoms with Gasteiger partial charge in [-0.2, -0.15) is 0 Å². The Labute approximate surface area is 109 Å². The van der Waals surface area contributed by atoms with Crippen LogP contribution in [0.15, 0.2) is 24.3 Å². The molecule has 0 aliphatic heterocycles. The first-order valence-electron chi connectivity index (χ1n) is 6.54. The topological polar surface area (TPSA) is 57.5 Å². The number of aromatic hydroxyl groups is 1. The van der Waals surface area contributed by atoms with E-state index in [0.717, 1.165) is 5.92 Å². The average Bonchev–Trinajstić information content (AvgIpc) is 2.36. The van der Waals surface area contributed by atoms with Crippen molar-refractivity contribution < 1.29 is 15.0 Å². The molecule has 0 aliphatic rings. The van der Waals surface area contributed by atoms with E-state index in [4.69, 9.17) is 10.2 Å². The molecule has 3 heteroatoms. The van der Waals surface area contributed by atoms with Crippen LogP contribution in [0.25, 0.3) is 0 Å². The van der Waals surface area contributed by atoms with Crippen molar-refractivity contribution in [1.29, 1.82) is 0 Å². The Hall–Kier alpha value is -1.51. The fourth-order valence-electron chi connectivity index (χ4n) is 1.41. The highest BCUT2D eigenvalue weighted by Gasteiger charge is 2.05. The summed E-state index contributed by atoms with van der Waals surface area (Å²) < 4.78 is 0. The third-order valence-corrected chi connectivity index (χ3v) is 2.88. The van der Waals surface area contributed by atoms with Crippen molar-refractivity contribution in [1.82, 2.24) is 0 Å². The zero-order valence-electron chi connectivity index (χ0n) is 11.5. The van der Waals surface area contributed by atoms with Crippen molar-refractivity contribution in [2.45, 2.75) is 46.5 Å². The fourth-order valence-corrected chi connectivity index (χ4v) is 1.41. The van der Waals surface area contributed by atoms with Gasteiger partial charge in [-0.3, -0.25) is 0 Å². The van der Waals surface area contributed by atoms with E-state index in [1.54, 1.807) is 12.1 Å². The number of phenols is 1. The number of carbonyl (C=O) groups is 1. The first-order chi connectivity index (χ1) is 8.52. The van der Waals surface area contributed by atoms with E-state index in [2.05, 4.69) is 20.8 Å². The van der Waals surface area contributed by atoms with Gasteiger partial charge in [-0.25, -0.2) is 4.79 Å². The molecule has 0 spiro atoms. The molecule has 1 rings (SSSR count). The molecule has 2 N–H and O–H groups in total. The van der Waals surface area contributed by atoms with Crippen molar-refractivity contribution in [3.8, 4) is 5.75 Å². The van der Waals surface area contributed by atoms with Crippen molar-refractivity contribution in [2.75, 3.05) is 0 Å². The molecule has 18 heavy (non-hydrogen) atoms. The molecule has 102 valence electrons. The van der Waals surface area contributed by atoms with Gasteiger partial charge in [0, 0.05) is 0 Å². The Bertz CT molecular complexity index is 347. The standard InChI is InChI=1S/C8H18.C7H6O3/c1-4-6-7-8(3)5-2;8-6-4-2-1-3-5(6)7(9)10/h8H,4-7H2,1-3H3;1-4,8H,(H,9,10).